The molecule has 0 aromatic heterocycles. The van der Waals surface area contributed by atoms with E-state index >= 15 is 0 Å². The summed E-state index contributed by atoms with van der Waals surface area (Å²) in [6.07, 6.45) is 2.33. The fourth-order valence-corrected chi connectivity index (χ4v) is 1.65. The summed E-state index contributed by atoms with van der Waals surface area (Å²) in [7, 11) is 0. The van der Waals surface area contributed by atoms with Crippen molar-refractivity contribution in [2.45, 2.75) is 61.3 Å². The number of carboxylic acid groups (broad SMARTS) is 1. The minimum Gasteiger partial charge on any atom is -0.493 e. The van der Waals surface area contributed by atoms with Crippen molar-refractivity contribution in [1.29, 1.82) is 0 Å². The molecule has 1 aromatic carbocycles. The van der Waals surface area contributed by atoms with E-state index in [9.17, 15) is 0 Å². The molecule has 1 aromatic rings. The molecule has 1 N–H and O–H groups in total. The van der Waals surface area contributed by atoms with Gasteiger partial charge in [0.05, 0.1) is 6.61 Å². The number of aryl methyl sites for hydroxylation is 2. The molecule has 0 saturated heterocycles. The normalized spacial score (nSPS) is 9.67. The van der Waals surface area contributed by atoms with Crippen molar-refractivity contribution in [3.63, 3.8) is 0 Å². The van der Waals surface area contributed by atoms with E-state index < -0.39 is 0 Å². The lowest BCUT2D eigenvalue weighted by Crippen LogP contribution is -2.08. The van der Waals surface area contributed by atoms with E-state index in [1.807, 2.05) is 13.8 Å². The van der Waals surface area contributed by atoms with E-state index in [4.69, 9.17) is 14.6 Å². The maximum absolute atomic E-state index is 8.36. The number of hydrogen-bond donors (Lipinski definition) is 1. The maximum atomic E-state index is 8.36. The Hall–Kier alpha value is -1.51. The molecule has 0 bridgehead atoms. The van der Waals surface area contributed by atoms with Crippen molar-refractivity contribution in [3.05, 3.63) is 29.3 Å². The van der Waals surface area contributed by atoms with Gasteiger partial charge in [-0.3, -0.25) is 4.79 Å². The van der Waals surface area contributed by atoms with Gasteiger partial charge in [-0.25, -0.2) is 0 Å². The summed E-state index contributed by atoms with van der Waals surface area (Å²) in [4.78, 5) is 8.36. The van der Waals surface area contributed by atoms with E-state index in [0.717, 1.165) is 18.8 Å². The molecule has 122 valence electrons. The Bertz CT molecular complexity index is 379. The monoisotopic (exact) mass is 296 g/mol. The van der Waals surface area contributed by atoms with Crippen LogP contribution in [0.2, 0.25) is 0 Å². The van der Waals surface area contributed by atoms with Crippen molar-refractivity contribution in [1.82, 2.24) is 0 Å². The molecule has 0 unspecified atom stereocenters. The Morgan fingerprint density at radius 3 is 2.19 bits per heavy atom. The smallest absolute Gasteiger partial charge is 0.290 e. The summed E-state index contributed by atoms with van der Waals surface area (Å²) in [5, 5.41) is 6.89. The predicted molar refractivity (Wildman–Crippen MR) is 90.1 cm³/mol. The third-order valence-electron chi connectivity index (χ3n) is 2.67. The lowest BCUT2D eigenvalue weighted by molar-refractivity contribution is -0.122. The average molecular weight is 296 g/mol. The van der Waals surface area contributed by atoms with E-state index in [1.165, 1.54) is 17.5 Å². The third-order valence-corrected chi connectivity index (χ3v) is 2.67. The highest BCUT2D eigenvalue weighted by atomic mass is 16.5. The van der Waals surface area contributed by atoms with Crippen LogP contribution in [0.25, 0.3) is 0 Å². The molecule has 3 heteroatoms. The van der Waals surface area contributed by atoms with E-state index in [1.54, 1.807) is 0 Å². The Morgan fingerprint density at radius 1 is 1.19 bits per heavy atom. The zero-order valence-corrected chi connectivity index (χ0v) is 14.7. The summed E-state index contributed by atoms with van der Waals surface area (Å²) in [5.74, 6) is 1.04. The SMILES string of the molecule is CC.Cc1ccc(C)c(OCCCC(C)(C)C)c1.O=CO. The number of benzene rings is 1. The van der Waals surface area contributed by atoms with Gasteiger partial charge in [-0.05, 0) is 49.3 Å². The molecule has 0 fully saturated rings. The Balaban J connectivity index is 0. The lowest BCUT2D eigenvalue weighted by Gasteiger charge is -2.18. The first kappa shape index (κ1) is 21.8. The van der Waals surface area contributed by atoms with Crippen LogP contribution in [-0.2, 0) is 4.79 Å². The molecule has 0 aliphatic carbocycles. The fraction of sp³-hybridized carbons (Fsp3) is 0.611. The van der Waals surface area contributed by atoms with Crippen LogP contribution >= 0.6 is 0 Å². The molecule has 1 rings (SSSR count). The summed E-state index contributed by atoms with van der Waals surface area (Å²) in [6, 6.07) is 6.36. The highest BCUT2D eigenvalue weighted by Crippen LogP contribution is 2.22. The van der Waals surface area contributed by atoms with Gasteiger partial charge in [0.15, 0.2) is 0 Å². The van der Waals surface area contributed by atoms with Gasteiger partial charge in [0, 0.05) is 0 Å². The maximum Gasteiger partial charge on any atom is 0.290 e. The van der Waals surface area contributed by atoms with Gasteiger partial charge in [0.25, 0.3) is 6.47 Å². The minimum atomic E-state index is -0.250. The number of carbonyl (C=O) groups is 1. The second-order valence-electron chi connectivity index (χ2n) is 5.89. The molecule has 21 heavy (non-hydrogen) atoms. The summed E-state index contributed by atoms with van der Waals surface area (Å²) < 4.78 is 5.81. The summed E-state index contributed by atoms with van der Waals surface area (Å²) in [6.45, 7) is 15.6. The summed E-state index contributed by atoms with van der Waals surface area (Å²) >= 11 is 0. The van der Waals surface area contributed by atoms with Crippen molar-refractivity contribution in [2.24, 2.45) is 5.41 Å². The van der Waals surface area contributed by atoms with Crippen LogP contribution in [0, 0.1) is 19.3 Å². The Morgan fingerprint density at radius 2 is 1.71 bits per heavy atom. The molecule has 0 amide bonds. The lowest BCUT2D eigenvalue weighted by atomic mass is 9.91. The van der Waals surface area contributed by atoms with Gasteiger partial charge >= 0.3 is 0 Å². The van der Waals surface area contributed by atoms with Crippen LogP contribution in [0.1, 0.15) is 58.6 Å². The van der Waals surface area contributed by atoms with Crippen LogP contribution < -0.4 is 4.74 Å². The standard InChI is InChI=1S/C15H24O.C2H6.CH2O2/c1-12-7-8-13(2)14(11-12)16-10-6-9-15(3,4)5;1-2;2-1-3/h7-8,11H,6,9-10H2,1-5H3;1-2H3;1H,(H,2,3). The van der Waals surface area contributed by atoms with E-state index in [-0.39, 0.29) is 6.47 Å². The second-order valence-corrected chi connectivity index (χ2v) is 5.89. The van der Waals surface area contributed by atoms with Crippen LogP contribution in [0.15, 0.2) is 18.2 Å². The first-order chi connectivity index (χ1) is 9.80. The van der Waals surface area contributed by atoms with Crippen molar-refractivity contribution >= 4 is 6.47 Å². The first-order valence-corrected chi connectivity index (χ1v) is 7.58. The molecule has 0 heterocycles. The quantitative estimate of drug-likeness (QED) is 0.611. The number of rotatable bonds is 4. The molecule has 3 nitrogen and oxygen atoms in total. The zero-order chi connectivity index (χ0) is 16.9. The van der Waals surface area contributed by atoms with Crippen LogP contribution in [-0.4, -0.2) is 18.2 Å². The predicted octanol–water partition coefficient (Wildman–Crippen LogP) is 5.24. The molecular formula is C18H32O3. The Labute approximate surface area is 130 Å². The molecule has 0 radical (unpaired) electrons. The van der Waals surface area contributed by atoms with Gasteiger partial charge in [0.2, 0.25) is 0 Å². The number of ether oxygens (including phenoxy) is 1. The topological polar surface area (TPSA) is 46.5 Å². The molecule has 0 spiro atoms. The van der Waals surface area contributed by atoms with Gasteiger partial charge in [0.1, 0.15) is 5.75 Å². The van der Waals surface area contributed by atoms with Gasteiger partial charge in [-0.15, -0.1) is 0 Å². The van der Waals surface area contributed by atoms with E-state index in [2.05, 4.69) is 52.8 Å². The Kier molecular flexibility index (Phi) is 12.7. The average Bonchev–Trinajstić information content (AvgIpc) is 2.41. The molecule has 0 aliphatic heterocycles. The molecule has 0 aliphatic rings. The van der Waals surface area contributed by atoms with Crippen molar-refractivity contribution in [3.8, 4) is 5.75 Å². The van der Waals surface area contributed by atoms with Gasteiger partial charge < -0.3 is 9.84 Å². The first-order valence-electron chi connectivity index (χ1n) is 7.58. The van der Waals surface area contributed by atoms with Gasteiger partial charge in [-0.1, -0.05) is 46.8 Å². The largest absolute Gasteiger partial charge is 0.493 e. The van der Waals surface area contributed by atoms with Crippen LogP contribution in [0.3, 0.4) is 0 Å². The van der Waals surface area contributed by atoms with Crippen molar-refractivity contribution < 1.29 is 14.6 Å². The van der Waals surface area contributed by atoms with E-state index in [0.29, 0.717) is 5.41 Å². The zero-order valence-electron chi connectivity index (χ0n) is 14.7. The van der Waals surface area contributed by atoms with Gasteiger partial charge in [-0.2, -0.15) is 0 Å². The highest BCUT2D eigenvalue weighted by Gasteiger charge is 2.09. The molecular weight excluding hydrogens is 264 g/mol. The van der Waals surface area contributed by atoms with Crippen LogP contribution in [0.4, 0.5) is 0 Å². The third kappa shape index (κ3) is 13.2. The van der Waals surface area contributed by atoms with Crippen LogP contribution in [0.5, 0.6) is 5.75 Å². The minimum absolute atomic E-state index is 0.250. The fourth-order valence-electron chi connectivity index (χ4n) is 1.65. The van der Waals surface area contributed by atoms with Crippen molar-refractivity contribution in [2.75, 3.05) is 6.61 Å². The molecule has 0 atom stereocenters. The molecule has 0 saturated carbocycles. The highest BCUT2D eigenvalue weighted by molar-refractivity contribution is 5.35. The second kappa shape index (κ2) is 12.2. The summed E-state index contributed by atoms with van der Waals surface area (Å²) in [5.41, 5.74) is 2.89. The number of hydrogen-bond acceptors (Lipinski definition) is 2.